The molecule has 16 heteroatoms. The molecule has 1 aromatic carbocycles. The van der Waals surface area contributed by atoms with E-state index in [2.05, 4.69) is 21.2 Å². The number of nitrogens with one attached hydrogen (secondary N) is 1. The molecule has 1 N–H and O–H groups in total. The van der Waals surface area contributed by atoms with Crippen molar-refractivity contribution in [3.63, 3.8) is 0 Å². The van der Waals surface area contributed by atoms with Crippen molar-refractivity contribution < 1.29 is 66.4 Å². The molecule has 50 heavy (non-hydrogen) atoms. The molecule has 0 fully saturated rings. The summed E-state index contributed by atoms with van der Waals surface area (Å²) in [5.41, 5.74) is 0.937. The van der Waals surface area contributed by atoms with Crippen LogP contribution in [0.1, 0.15) is 5.56 Å². The third-order valence-electron chi connectivity index (χ3n) is 6.04. The Labute approximate surface area is 306 Å². The van der Waals surface area contributed by atoms with Gasteiger partial charge in [0.15, 0.2) is 0 Å². The van der Waals surface area contributed by atoms with Crippen LogP contribution in [0.25, 0.3) is 0 Å². The standard InChI is InChI=1S/C34H60BrNO14/c35-6-8-38-10-12-40-14-16-42-18-20-44-22-24-46-26-28-48-30-31-49-29-27-47-25-23-45-21-19-43-17-15-41-13-11-39-9-7-36-34(37)50-32-33-4-2-1-3-5-33/h1-5H,6-32H2,(H,36,37). The van der Waals surface area contributed by atoms with Crippen LogP contribution in [0.5, 0.6) is 0 Å². The number of amides is 1. The zero-order valence-electron chi connectivity index (χ0n) is 29.6. The molecule has 1 amide bonds. The van der Waals surface area contributed by atoms with Crippen LogP contribution in [0.15, 0.2) is 30.3 Å². The van der Waals surface area contributed by atoms with E-state index in [1.807, 2.05) is 30.3 Å². The first-order chi connectivity index (χ1) is 24.8. The molecule has 0 aliphatic rings. The predicted molar refractivity (Wildman–Crippen MR) is 188 cm³/mol. The van der Waals surface area contributed by atoms with Gasteiger partial charge in [0.1, 0.15) is 6.61 Å². The maximum absolute atomic E-state index is 11.6. The molecule has 292 valence electrons. The summed E-state index contributed by atoms with van der Waals surface area (Å²) in [4.78, 5) is 11.6. The van der Waals surface area contributed by atoms with Crippen molar-refractivity contribution in [2.45, 2.75) is 6.61 Å². The second-order valence-corrected chi connectivity index (χ2v) is 10.8. The summed E-state index contributed by atoms with van der Waals surface area (Å²) in [5, 5.41) is 3.48. The van der Waals surface area contributed by atoms with Crippen molar-refractivity contribution in [1.82, 2.24) is 5.32 Å². The van der Waals surface area contributed by atoms with Crippen LogP contribution < -0.4 is 5.32 Å². The van der Waals surface area contributed by atoms with Crippen molar-refractivity contribution in [1.29, 1.82) is 0 Å². The monoisotopic (exact) mass is 785 g/mol. The lowest BCUT2D eigenvalue weighted by Crippen LogP contribution is -2.28. The largest absolute Gasteiger partial charge is 0.445 e. The van der Waals surface area contributed by atoms with E-state index < -0.39 is 6.09 Å². The van der Waals surface area contributed by atoms with Crippen molar-refractivity contribution in [2.24, 2.45) is 0 Å². The molecule has 0 radical (unpaired) electrons. The molecule has 1 aromatic rings. The minimum absolute atomic E-state index is 0.237. The van der Waals surface area contributed by atoms with Crippen LogP contribution >= 0.6 is 15.9 Å². The molecule has 0 spiro atoms. The fraction of sp³-hybridized carbons (Fsp3) is 0.794. The number of benzene rings is 1. The highest BCUT2D eigenvalue weighted by atomic mass is 79.9. The molecule has 0 bridgehead atoms. The third kappa shape index (κ3) is 36.3. The maximum Gasteiger partial charge on any atom is 0.407 e. The van der Waals surface area contributed by atoms with E-state index in [1.54, 1.807) is 0 Å². The first kappa shape index (κ1) is 46.5. The molecular weight excluding hydrogens is 726 g/mol. The van der Waals surface area contributed by atoms with Gasteiger partial charge in [-0.25, -0.2) is 4.79 Å². The van der Waals surface area contributed by atoms with E-state index in [0.717, 1.165) is 10.9 Å². The molecule has 0 atom stereocenters. The Morgan fingerprint density at radius 3 is 1.00 bits per heavy atom. The summed E-state index contributed by atoms with van der Waals surface area (Å²) >= 11 is 3.30. The van der Waals surface area contributed by atoms with Crippen LogP contribution in [-0.4, -0.2) is 177 Å². The molecule has 0 saturated heterocycles. The van der Waals surface area contributed by atoms with Crippen molar-refractivity contribution in [3.05, 3.63) is 35.9 Å². The highest BCUT2D eigenvalue weighted by Gasteiger charge is 2.02. The van der Waals surface area contributed by atoms with Gasteiger partial charge in [-0.15, -0.1) is 0 Å². The minimum atomic E-state index is -0.470. The quantitative estimate of drug-likeness (QED) is 0.0768. The predicted octanol–water partition coefficient (Wildman–Crippen LogP) is 2.51. The van der Waals surface area contributed by atoms with E-state index in [4.69, 9.17) is 61.6 Å². The molecule has 1 rings (SSSR count). The highest BCUT2D eigenvalue weighted by molar-refractivity contribution is 9.09. The fourth-order valence-electron chi connectivity index (χ4n) is 3.58. The second kappa shape index (κ2) is 40.3. The summed E-state index contributed by atoms with van der Waals surface area (Å²) in [6.07, 6.45) is -0.470. The summed E-state index contributed by atoms with van der Waals surface area (Å²) in [7, 11) is 0. The van der Waals surface area contributed by atoms with Crippen LogP contribution in [0.4, 0.5) is 4.79 Å². The topological polar surface area (TPSA) is 149 Å². The summed E-state index contributed by atoms with van der Waals surface area (Å²) in [6.45, 7) is 12.8. The Morgan fingerprint density at radius 2 is 0.700 bits per heavy atom. The van der Waals surface area contributed by atoms with Crippen molar-refractivity contribution in [2.75, 3.05) is 170 Å². The van der Waals surface area contributed by atoms with Crippen molar-refractivity contribution >= 4 is 22.0 Å². The SMILES string of the molecule is O=C(NCCOCCOCCOCCOCCOCCOCCOCCOCCOCCOCCOCCOCCBr)OCc1ccccc1. The lowest BCUT2D eigenvalue weighted by Gasteiger charge is -2.09. The van der Waals surface area contributed by atoms with E-state index in [-0.39, 0.29) is 6.61 Å². The van der Waals surface area contributed by atoms with Gasteiger partial charge in [0.05, 0.1) is 159 Å². The minimum Gasteiger partial charge on any atom is -0.445 e. The van der Waals surface area contributed by atoms with Gasteiger partial charge in [0.25, 0.3) is 0 Å². The van der Waals surface area contributed by atoms with Gasteiger partial charge in [-0.1, -0.05) is 46.3 Å². The number of hydrogen-bond donors (Lipinski definition) is 1. The zero-order valence-corrected chi connectivity index (χ0v) is 31.2. The molecule has 0 saturated carbocycles. The van der Waals surface area contributed by atoms with Crippen LogP contribution in [0.2, 0.25) is 0 Å². The normalized spacial score (nSPS) is 11.3. The van der Waals surface area contributed by atoms with Crippen LogP contribution in [0, 0.1) is 0 Å². The Hall–Kier alpha value is -1.51. The average Bonchev–Trinajstić information content (AvgIpc) is 3.14. The van der Waals surface area contributed by atoms with Gasteiger partial charge in [-0.05, 0) is 5.56 Å². The van der Waals surface area contributed by atoms with Gasteiger partial charge in [-0.3, -0.25) is 0 Å². The number of rotatable bonds is 40. The summed E-state index contributed by atoms with van der Waals surface area (Å²) in [6, 6.07) is 9.51. The van der Waals surface area contributed by atoms with E-state index >= 15 is 0 Å². The van der Waals surface area contributed by atoms with E-state index in [9.17, 15) is 4.79 Å². The Bertz CT molecular complexity index is 817. The summed E-state index contributed by atoms with van der Waals surface area (Å²) in [5.74, 6) is 0. The molecule has 15 nitrogen and oxygen atoms in total. The van der Waals surface area contributed by atoms with Crippen LogP contribution in [0.3, 0.4) is 0 Å². The average molecular weight is 787 g/mol. The number of alkyl halides is 1. The van der Waals surface area contributed by atoms with Gasteiger partial charge in [0, 0.05) is 11.9 Å². The number of carbonyl (C=O) groups is 1. The number of alkyl carbamates (subject to hydrolysis) is 1. The maximum atomic E-state index is 11.6. The van der Waals surface area contributed by atoms with Gasteiger partial charge in [-0.2, -0.15) is 0 Å². The zero-order chi connectivity index (χ0) is 35.7. The van der Waals surface area contributed by atoms with Gasteiger partial charge >= 0.3 is 6.09 Å². The van der Waals surface area contributed by atoms with Gasteiger partial charge in [0.2, 0.25) is 0 Å². The Kier molecular flexibility index (Phi) is 37.5. The molecule has 0 aromatic heterocycles. The van der Waals surface area contributed by atoms with E-state index in [1.165, 1.54) is 0 Å². The highest BCUT2D eigenvalue weighted by Crippen LogP contribution is 2.00. The molecule has 0 aliphatic carbocycles. The number of ether oxygens (including phenoxy) is 13. The van der Waals surface area contributed by atoms with Gasteiger partial charge < -0.3 is 66.9 Å². The molecule has 0 heterocycles. The van der Waals surface area contributed by atoms with Crippen molar-refractivity contribution in [3.8, 4) is 0 Å². The lowest BCUT2D eigenvalue weighted by molar-refractivity contribution is -0.0282. The Morgan fingerprint density at radius 1 is 0.420 bits per heavy atom. The number of carbonyl (C=O) groups excluding carboxylic acids is 1. The molecule has 0 aliphatic heterocycles. The fourth-order valence-corrected chi connectivity index (χ4v) is 3.80. The smallest absolute Gasteiger partial charge is 0.407 e. The van der Waals surface area contributed by atoms with Crippen LogP contribution in [-0.2, 0) is 68.2 Å². The molecular formula is C34H60BrNO14. The second-order valence-electron chi connectivity index (χ2n) is 10.0. The lowest BCUT2D eigenvalue weighted by atomic mass is 10.2. The first-order valence-electron chi connectivity index (χ1n) is 17.3. The Balaban J connectivity index is 1.63. The third-order valence-corrected chi connectivity index (χ3v) is 6.37. The number of hydrogen-bond acceptors (Lipinski definition) is 14. The summed E-state index contributed by atoms with van der Waals surface area (Å²) < 4.78 is 70.4. The van der Waals surface area contributed by atoms with E-state index in [0.29, 0.717) is 165 Å². The number of halogens is 1. The molecule has 0 unspecified atom stereocenters. The first-order valence-corrected chi connectivity index (χ1v) is 18.4.